The third-order valence-electron chi connectivity index (χ3n) is 4.07. The van der Waals surface area contributed by atoms with Gasteiger partial charge in [-0.05, 0) is 18.8 Å². The molecule has 5 nitrogen and oxygen atoms in total. The molecule has 0 spiro atoms. The van der Waals surface area contributed by atoms with Crippen molar-refractivity contribution < 1.29 is 0 Å². The van der Waals surface area contributed by atoms with Crippen LogP contribution in [0.2, 0.25) is 0 Å². The number of hydrogen-bond acceptors (Lipinski definition) is 4. The van der Waals surface area contributed by atoms with Crippen LogP contribution in [0.1, 0.15) is 30.5 Å². The van der Waals surface area contributed by atoms with Crippen LogP contribution in [0.15, 0.2) is 4.79 Å². The Morgan fingerprint density at radius 2 is 2.28 bits per heavy atom. The van der Waals surface area contributed by atoms with Gasteiger partial charge < -0.3 is 15.2 Å². The molecule has 0 radical (unpaired) electrons. The Labute approximate surface area is 107 Å². The number of H-pyrrole nitrogens is 1. The first-order valence-electron chi connectivity index (χ1n) is 6.78. The summed E-state index contributed by atoms with van der Waals surface area (Å²) in [6.45, 7) is 2.76. The van der Waals surface area contributed by atoms with E-state index in [1.54, 1.807) is 0 Å². The molecule has 1 aromatic heterocycles. The third-order valence-corrected chi connectivity index (χ3v) is 4.07. The van der Waals surface area contributed by atoms with E-state index in [1.807, 2.05) is 0 Å². The first-order valence-corrected chi connectivity index (χ1v) is 6.78. The number of anilines is 1. The third kappa shape index (κ3) is 2.14. The molecule has 0 aromatic carbocycles. The molecular weight excluding hydrogens is 228 g/mol. The predicted molar refractivity (Wildman–Crippen MR) is 70.9 cm³/mol. The molecule has 0 amide bonds. The first-order chi connectivity index (χ1) is 8.74. The van der Waals surface area contributed by atoms with E-state index in [2.05, 4.69) is 27.2 Å². The van der Waals surface area contributed by atoms with Gasteiger partial charge in [-0.3, -0.25) is 0 Å². The van der Waals surface area contributed by atoms with Gasteiger partial charge in [0, 0.05) is 44.4 Å². The van der Waals surface area contributed by atoms with Crippen LogP contribution >= 0.6 is 0 Å². The van der Waals surface area contributed by atoms with Gasteiger partial charge in [0.2, 0.25) is 0 Å². The SMILES string of the molecule is CN(CC1CCC1)c1nc(=O)[nH]c2c1CNCC2. The average molecular weight is 248 g/mol. The van der Waals surface area contributed by atoms with E-state index in [0.717, 1.165) is 43.5 Å². The molecule has 5 heteroatoms. The molecule has 2 heterocycles. The summed E-state index contributed by atoms with van der Waals surface area (Å²) in [5, 5.41) is 3.35. The smallest absolute Gasteiger partial charge is 0.347 e. The zero-order valence-corrected chi connectivity index (χ0v) is 10.8. The van der Waals surface area contributed by atoms with Crippen LogP contribution in [0.3, 0.4) is 0 Å². The van der Waals surface area contributed by atoms with Crippen molar-refractivity contribution in [3.8, 4) is 0 Å². The molecule has 0 atom stereocenters. The monoisotopic (exact) mass is 248 g/mol. The highest BCUT2D eigenvalue weighted by molar-refractivity contribution is 5.48. The van der Waals surface area contributed by atoms with Crippen LogP contribution in [0.4, 0.5) is 5.82 Å². The maximum Gasteiger partial charge on any atom is 0.347 e. The molecule has 18 heavy (non-hydrogen) atoms. The van der Waals surface area contributed by atoms with Crippen molar-refractivity contribution in [2.75, 3.05) is 25.0 Å². The minimum Gasteiger partial charge on any atom is -0.359 e. The molecule has 98 valence electrons. The highest BCUT2D eigenvalue weighted by atomic mass is 16.1. The molecule has 2 N–H and O–H groups in total. The topological polar surface area (TPSA) is 61.0 Å². The van der Waals surface area contributed by atoms with Crippen molar-refractivity contribution in [3.63, 3.8) is 0 Å². The van der Waals surface area contributed by atoms with Gasteiger partial charge in [-0.15, -0.1) is 0 Å². The molecule has 2 aliphatic rings. The fraction of sp³-hybridized carbons (Fsp3) is 0.692. The van der Waals surface area contributed by atoms with Gasteiger partial charge in [0.25, 0.3) is 0 Å². The van der Waals surface area contributed by atoms with Crippen molar-refractivity contribution in [3.05, 3.63) is 21.7 Å². The highest BCUT2D eigenvalue weighted by Gasteiger charge is 2.23. The molecule has 1 aromatic rings. The molecule has 1 aliphatic heterocycles. The summed E-state index contributed by atoms with van der Waals surface area (Å²) in [5.41, 5.74) is 2.01. The first kappa shape index (κ1) is 11.7. The normalized spacial score (nSPS) is 19.2. The van der Waals surface area contributed by atoms with E-state index >= 15 is 0 Å². The van der Waals surface area contributed by atoms with Gasteiger partial charge in [0.05, 0.1) is 0 Å². The number of aromatic amines is 1. The Balaban J connectivity index is 1.89. The van der Waals surface area contributed by atoms with Gasteiger partial charge in [-0.2, -0.15) is 4.98 Å². The van der Waals surface area contributed by atoms with Crippen LogP contribution in [0, 0.1) is 5.92 Å². The second-order valence-corrected chi connectivity index (χ2v) is 5.43. The summed E-state index contributed by atoms with van der Waals surface area (Å²) >= 11 is 0. The Morgan fingerprint density at radius 3 is 3.00 bits per heavy atom. The lowest BCUT2D eigenvalue weighted by Gasteiger charge is -2.32. The van der Waals surface area contributed by atoms with Crippen LogP contribution < -0.4 is 15.9 Å². The minimum atomic E-state index is -0.217. The molecule has 3 rings (SSSR count). The van der Waals surface area contributed by atoms with E-state index in [1.165, 1.54) is 24.8 Å². The Bertz CT molecular complexity index is 492. The summed E-state index contributed by atoms with van der Waals surface area (Å²) in [6.07, 6.45) is 4.86. The van der Waals surface area contributed by atoms with Crippen molar-refractivity contribution in [1.82, 2.24) is 15.3 Å². The van der Waals surface area contributed by atoms with E-state index < -0.39 is 0 Å². The number of nitrogens with one attached hydrogen (secondary N) is 2. The maximum atomic E-state index is 11.6. The Morgan fingerprint density at radius 1 is 1.44 bits per heavy atom. The van der Waals surface area contributed by atoms with E-state index in [0.29, 0.717) is 0 Å². The number of nitrogens with zero attached hydrogens (tertiary/aromatic N) is 2. The van der Waals surface area contributed by atoms with E-state index in [9.17, 15) is 4.79 Å². The predicted octanol–water partition coefficient (Wildman–Crippen LogP) is 0.652. The van der Waals surface area contributed by atoms with Crippen molar-refractivity contribution in [1.29, 1.82) is 0 Å². The van der Waals surface area contributed by atoms with Gasteiger partial charge in [-0.25, -0.2) is 4.79 Å². The van der Waals surface area contributed by atoms with Gasteiger partial charge in [0.1, 0.15) is 5.82 Å². The molecule has 0 unspecified atom stereocenters. The largest absolute Gasteiger partial charge is 0.359 e. The summed E-state index contributed by atoms with van der Waals surface area (Å²) in [5.74, 6) is 1.65. The number of rotatable bonds is 3. The number of fused-ring (bicyclic) bond motifs is 1. The summed E-state index contributed by atoms with van der Waals surface area (Å²) in [7, 11) is 2.05. The summed E-state index contributed by atoms with van der Waals surface area (Å²) in [6, 6.07) is 0. The molecule has 0 bridgehead atoms. The molecular formula is C13H20N4O. The summed E-state index contributed by atoms with van der Waals surface area (Å²) < 4.78 is 0. The highest BCUT2D eigenvalue weighted by Crippen LogP contribution is 2.29. The molecule has 1 fully saturated rings. The molecule has 1 aliphatic carbocycles. The Kier molecular flexibility index (Phi) is 3.07. The zero-order valence-electron chi connectivity index (χ0n) is 10.8. The van der Waals surface area contributed by atoms with Crippen LogP contribution in [0.5, 0.6) is 0 Å². The Hall–Kier alpha value is -1.36. The van der Waals surface area contributed by atoms with Gasteiger partial charge in [0.15, 0.2) is 0 Å². The molecule has 1 saturated carbocycles. The van der Waals surface area contributed by atoms with Crippen LogP contribution in [-0.2, 0) is 13.0 Å². The van der Waals surface area contributed by atoms with Crippen LogP contribution in [0.25, 0.3) is 0 Å². The van der Waals surface area contributed by atoms with Gasteiger partial charge >= 0.3 is 5.69 Å². The summed E-state index contributed by atoms with van der Waals surface area (Å²) in [4.78, 5) is 20.8. The average Bonchev–Trinajstić information content (AvgIpc) is 2.32. The van der Waals surface area contributed by atoms with E-state index in [-0.39, 0.29) is 5.69 Å². The number of hydrogen-bond donors (Lipinski definition) is 2. The van der Waals surface area contributed by atoms with E-state index in [4.69, 9.17) is 0 Å². The lowest BCUT2D eigenvalue weighted by Crippen LogP contribution is -2.35. The van der Waals surface area contributed by atoms with Crippen molar-refractivity contribution in [2.24, 2.45) is 5.92 Å². The standard InChI is InChI=1S/C13H20N4O/c1-17(8-9-3-2-4-9)12-10-7-14-6-5-11(10)15-13(18)16-12/h9,14H,2-8H2,1H3,(H,15,16,18). The van der Waals surface area contributed by atoms with Crippen LogP contribution in [-0.4, -0.2) is 30.1 Å². The lowest BCUT2D eigenvalue weighted by molar-refractivity contribution is 0.320. The van der Waals surface area contributed by atoms with Crippen molar-refractivity contribution >= 4 is 5.82 Å². The van der Waals surface area contributed by atoms with Crippen molar-refractivity contribution in [2.45, 2.75) is 32.2 Å². The number of aromatic nitrogens is 2. The zero-order chi connectivity index (χ0) is 12.5. The fourth-order valence-electron chi connectivity index (χ4n) is 2.82. The fourth-order valence-corrected chi connectivity index (χ4v) is 2.82. The maximum absolute atomic E-state index is 11.6. The minimum absolute atomic E-state index is 0.217. The second-order valence-electron chi connectivity index (χ2n) is 5.43. The van der Waals surface area contributed by atoms with Gasteiger partial charge in [-0.1, -0.05) is 6.42 Å². The second kappa shape index (κ2) is 4.72. The molecule has 0 saturated heterocycles. The quantitative estimate of drug-likeness (QED) is 0.824. The lowest BCUT2D eigenvalue weighted by atomic mass is 9.85.